The summed E-state index contributed by atoms with van der Waals surface area (Å²) in [6.07, 6.45) is 6.47. The van der Waals surface area contributed by atoms with Gasteiger partial charge in [0.15, 0.2) is 5.76 Å². The number of aromatic nitrogens is 2. The second-order valence-electron chi connectivity index (χ2n) is 9.11. The molecule has 4 heterocycles. The van der Waals surface area contributed by atoms with Gasteiger partial charge in [0.05, 0.1) is 36.7 Å². The standard InChI is InChI=1S/C29H29N3O5/c1-3-4-7-16-36-21-13-11-20(12-14-21)26-24(28(34)29(35)32(26)18-22-9-8-17-37-22)27(33)25-19(2)30-23-10-5-6-15-31(23)25/h5-6,8-15,17,26,33H,3-4,7,16,18H2,1-2H3/b27-24+. The van der Waals surface area contributed by atoms with Gasteiger partial charge in [0, 0.05) is 6.20 Å². The molecule has 8 heteroatoms. The van der Waals surface area contributed by atoms with Crippen LogP contribution in [-0.4, -0.2) is 37.7 Å². The molecule has 3 aromatic heterocycles. The van der Waals surface area contributed by atoms with Crippen molar-refractivity contribution in [1.29, 1.82) is 0 Å². The van der Waals surface area contributed by atoms with Crippen molar-refractivity contribution in [1.82, 2.24) is 14.3 Å². The molecule has 0 radical (unpaired) electrons. The average molecular weight is 500 g/mol. The van der Waals surface area contributed by atoms with E-state index in [0.29, 0.717) is 40.7 Å². The summed E-state index contributed by atoms with van der Waals surface area (Å²) in [7, 11) is 0. The van der Waals surface area contributed by atoms with Crippen molar-refractivity contribution in [2.75, 3.05) is 6.61 Å². The first-order chi connectivity index (χ1) is 18.0. The normalized spacial score (nSPS) is 17.1. The van der Waals surface area contributed by atoms with Gasteiger partial charge in [-0.15, -0.1) is 0 Å². The second kappa shape index (κ2) is 10.3. The Hall–Kier alpha value is -4.33. The van der Waals surface area contributed by atoms with Gasteiger partial charge in [-0.3, -0.25) is 14.0 Å². The number of hydrogen-bond donors (Lipinski definition) is 1. The lowest BCUT2D eigenvalue weighted by Crippen LogP contribution is -2.29. The smallest absolute Gasteiger partial charge is 0.296 e. The van der Waals surface area contributed by atoms with Gasteiger partial charge < -0.3 is 19.2 Å². The molecule has 1 aliphatic heterocycles. The van der Waals surface area contributed by atoms with Gasteiger partial charge in [0.2, 0.25) is 0 Å². The Morgan fingerprint density at radius 2 is 1.89 bits per heavy atom. The van der Waals surface area contributed by atoms with Gasteiger partial charge in [-0.2, -0.15) is 0 Å². The number of pyridine rings is 1. The zero-order valence-electron chi connectivity index (χ0n) is 20.9. The molecule has 1 amide bonds. The molecule has 1 unspecified atom stereocenters. The first kappa shape index (κ1) is 24.4. The number of unbranched alkanes of at least 4 members (excludes halogenated alkanes) is 2. The van der Waals surface area contributed by atoms with Crippen molar-refractivity contribution in [3.8, 4) is 5.75 Å². The minimum Gasteiger partial charge on any atom is -0.505 e. The number of ether oxygens (including phenoxy) is 1. The van der Waals surface area contributed by atoms with Gasteiger partial charge in [-0.05, 0) is 55.3 Å². The lowest BCUT2D eigenvalue weighted by Gasteiger charge is -2.24. The molecule has 1 saturated heterocycles. The van der Waals surface area contributed by atoms with E-state index in [1.807, 2.05) is 42.5 Å². The Morgan fingerprint density at radius 3 is 2.62 bits per heavy atom. The van der Waals surface area contributed by atoms with Crippen LogP contribution in [0.4, 0.5) is 0 Å². The van der Waals surface area contributed by atoms with E-state index in [1.165, 1.54) is 11.2 Å². The van der Waals surface area contributed by atoms with Crippen LogP contribution in [0.5, 0.6) is 5.75 Å². The molecular weight excluding hydrogens is 470 g/mol. The lowest BCUT2D eigenvalue weighted by atomic mass is 9.96. The second-order valence-corrected chi connectivity index (χ2v) is 9.11. The fraction of sp³-hybridized carbons (Fsp3) is 0.276. The number of amides is 1. The van der Waals surface area contributed by atoms with Crippen molar-refractivity contribution in [3.63, 3.8) is 0 Å². The fourth-order valence-corrected chi connectivity index (χ4v) is 4.77. The number of ketones is 1. The van der Waals surface area contributed by atoms with Crippen LogP contribution in [0.2, 0.25) is 0 Å². The van der Waals surface area contributed by atoms with E-state index in [1.54, 1.807) is 29.7 Å². The highest BCUT2D eigenvalue weighted by molar-refractivity contribution is 6.46. The number of fused-ring (bicyclic) bond motifs is 1. The van der Waals surface area contributed by atoms with Crippen molar-refractivity contribution in [2.24, 2.45) is 0 Å². The number of imidazole rings is 1. The number of furan rings is 1. The predicted octanol–water partition coefficient (Wildman–Crippen LogP) is 5.43. The number of nitrogens with zero attached hydrogens (tertiary/aromatic N) is 3. The lowest BCUT2D eigenvalue weighted by molar-refractivity contribution is -0.140. The third-order valence-electron chi connectivity index (χ3n) is 6.59. The third-order valence-corrected chi connectivity index (χ3v) is 6.59. The Bertz CT molecular complexity index is 1450. The SMILES string of the molecule is CCCCCOc1ccc(C2/C(=C(\O)c3c(C)nc4ccccn34)C(=O)C(=O)N2Cc2ccco2)cc1. The molecule has 1 aromatic carbocycles. The maximum atomic E-state index is 13.4. The Morgan fingerprint density at radius 1 is 1.08 bits per heavy atom. The van der Waals surface area contributed by atoms with Crippen molar-refractivity contribution >= 4 is 23.1 Å². The number of aliphatic hydroxyl groups is 1. The molecule has 1 N–H and O–H groups in total. The summed E-state index contributed by atoms with van der Waals surface area (Å²) in [6.45, 7) is 4.61. The van der Waals surface area contributed by atoms with Crippen LogP contribution in [0.15, 0.2) is 77.0 Å². The quantitative estimate of drug-likeness (QED) is 0.143. The van der Waals surface area contributed by atoms with Crippen LogP contribution >= 0.6 is 0 Å². The molecule has 0 bridgehead atoms. The number of aryl methyl sites for hydroxylation is 1. The Kier molecular flexibility index (Phi) is 6.81. The van der Waals surface area contributed by atoms with E-state index >= 15 is 0 Å². The van der Waals surface area contributed by atoms with Gasteiger partial charge in [-0.1, -0.05) is 38.0 Å². The van der Waals surface area contributed by atoms with E-state index in [-0.39, 0.29) is 17.9 Å². The van der Waals surface area contributed by atoms with Crippen molar-refractivity contribution < 1.29 is 23.8 Å². The highest BCUT2D eigenvalue weighted by atomic mass is 16.5. The van der Waals surface area contributed by atoms with E-state index < -0.39 is 17.7 Å². The number of carbonyl (C=O) groups excluding carboxylic acids is 2. The molecule has 0 saturated carbocycles. The van der Waals surface area contributed by atoms with E-state index in [9.17, 15) is 14.7 Å². The Labute approximate surface area is 214 Å². The van der Waals surface area contributed by atoms with Crippen LogP contribution in [0.3, 0.4) is 0 Å². The summed E-state index contributed by atoms with van der Waals surface area (Å²) < 4.78 is 13.0. The number of Topliss-reactive ketones (excluding diaryl/α,β-unsaturated/α-hetero) is 1. The van der Waals surface area contributed by atoms with Crippen LogP contribution < -0.4 is 4.74 Å². The largest absolute Gasteiger partial charge is 0.505 e. The first-order valence-corrected chi connectivity index (χ1v) is 12.5. The van der Waals surface area contributed by atoms with Crippen molar-refractivity contribution in [2.45, 2.75) is 45.7 Å². The van der Waals surface area contributed by atoms with Gasteiger partial charge in [0.1, 0.15) is 22.9 Å². The molecule has 8 nitrogen and oxygen atoms in total. The highest BCUT2D eigenvalue weighted by Crippen LogP contribution is 2.41. The van der Waals surface area contributed by atoms with E-state index in [0.717, 1.165) is 19.3 Å². The number of likely N-dealkylation sites (tertiary alicyclic amines) is 1. The molecular formula is C29H29N3O5. The summed E-state index contributed by atoms with van der Waals surface area (Å²) in [5.41, 5.74) is 2.26. The number of hydrogen-bond acceptors (Lipinski definition) is 6. The molecule has 1 atom stereocenters. The zero-order chi connectivity index (χ0) is 25.9. The van der Waals surface area contributed by atoms with Crippen LogP contribution in [0.1, 0.15) is 54.9 Å². The summed E-state index contributed by atoms with van der Waals surface area (Å²) in [5.74, 6) is -0.468. The molecule has 5 rings (SSSR count). The molecule has 0 spiro atoms. The van der Waals surface area contributed by atoms with Crippen LogP contribution in [0, 0.1) is 6.92 Å². The summed E-state index contributed by atoms with van der Waals surface area (Å²) in [5, 5.41) is 11.5. The minimum absolute atomic E-state index is 0.0157. The summed E-state index contributed by atoms with van der Waals surface area (Å²) >= 11 is 0. The molecule has 190 valence electrons. The molecule has 1 aliphatic rings. The fourth-order valence-electron chi connectivity index (χ4n) is 4.77. The topological polar surface area (TPSA) is 97.3 Å². The maximum absolute atomic E-state index is 13.4. The predicted molar refractivity (Wildman–Crippen MR) is 138 cm³/mol. The molecule has 1 fully saturated rings. The Balaban J connectivity index is 1.58. The van der Waals surface area contributed by atoms with Gasteiger partial charge in [-0.25, -0.2) is 4.98 Å². The zero-order valence-corrected chi connectivity index (χ0v) is 20.9. The number of aliphatic hydroxyl groups excluding tert-OH is 1. The van der Waals surface area contributed by atoms with Crippen LogP contribution in [-0.2, 0) is 16.1 Å². The van der Waals surface area contributed by atoms with E-state index in [4.69, 9.17) is 9.15 Å². The summed E-state index contributed by atoms with van der Waals surface area (Å²) in [4.78, 5) is 32.6. The monoisotopic (exact) mass is 499 g/mol. The number of benzene rings is 1. The highest BCUT2D eigenvalue weighted by Gasteiger charge is 2.47. The molecule has 4 aromatic rings. The van der Waals surface area contributed by atoms with Gasteiger partial charge >= 0.3 is 0 Å². The minimum atomic E-state index is -0.812. The average Bonchev–Trinajstić information content (AvgIpc) is 3.60. The molecule has 0 aliphatic carbocycles. The maximum Gasteiger partial charge on any atom is 0.296 e. The number of rotatable bonds is 9. The van der Waals surface area contributed by atoms with Crippen molar-refractivity contribution in [3.05, 3.63) is 95.3 Å². The summed E-state index contributed by atoms with van der Waals surface area (Å²) in [6, 6.07) is 15.5. The first-order valence-electron chi connectivity index (χ1n) is 12.5. The number of carbonyl (C=O) groups is 2. The van der Waals surface area contributed by atoms with Crippen LogP contribution in [0.25, 0.3) is 11.4 Å². The molecule has 37 heavy (non-hydrogen) atoms. The third kappa shape index (κ3) is 4.62. The van der Waals surface area contributed by atoms with Gasteiger partial charge in [0.25, 0.3) is 11.7 Å². The van der Waals surface area contributed by atoms with E-state index in [2.05, 4.69) is 11.9 Å².